The Balaban J connectivity index is 1.68. The third-order valence-electron chi connectivity index (χ3n) is 4.63. The van der Waals surface area contributed by atoms with E-state index in [0.29, 0.717) is 6.04 Å². The molecule has 1 N–H and O–H groups in total. The smallest absolute Gasteiger partial charge is 0.163 e. The van der Waals surface area contributed by atoms with Crippen LogP contribution >= 0.6 is 0 Å². The van der Waals surface area contributed by atoms with Gasteiger partial charge in [0.15, 0.2) is 5.82 Å². The van der Waals surface area contributed by atoms with E-state index in [-0.39, 0.29) is 0 Å². The van der Waals surface area contributed by atoms with Crippen molar-refractivity contribution in [3.63, 3.8) is 0 Å². The lowest BCUT2D eigenvalue weighted by Crippen LogP contribution is -2.37. The Morgan fingerprint density at radius 2 is 1.90 bits per heavy atom. The molecule has 4 nitrogen and oxygen atoms in total. The van der Waals surface area contributed by atoms with Gasteiger partial charge in [0.1, 0.15) is 5.82 Å². The minimum absolute atomic E-state index is 0.621. The largest absolute Gasteiger partial charge is 0.313 e. The van der Waals surface area contributed by atoms with Crippen molar-refractivity contribution in [2.45, 2.75) is 45.2 Å². The number of benzene rings is 1. The van der Waals surface area contributed by atoms with Crippen molar-refractivity contribution in [3.8, 4) is 11.4 Å². The number of aromatic nitrogens is 3. The first kappa shape index (κ1) is 14.3. The monoisotopic (exact) mass is 284 g/mol. The number of nitrogens with zero attached hydrogens (tertiary/aromatic N) is 3. The summed E-state index contributed by atoms with van der Waals surface area (Å²) in [6.45, 7) is 3.15. The second kappa shape index (κ2) is 6.39. The van der Waals surface area contributed by atoms with Gasteiger partial charge in [0.2, 0.25) is 0 Å². The second-order valence-corrected chi connectivity index (χ2v) is 6.11. The maximum absolute atomic E-state index is 4.35. The summed E-state index contributed by atoms with van der Waals surface area (Å²) in [6.07, 6.45) is 5.34. The molecule has 1 saturated carbocycles. The summed E-state index contributed by atoms with van der Waals surface area (Å²) in [6, 6.07) is 10.9. The van der Waals surface area contributed by atoms with Gasteiger partial charge in [0.05, 0.1) is 6.54 Å². The molecule has 0 unspecified atom stereocenters. The van der Waals surface area contributed by atoms with Gasteiger partial charge in [-0.3, -0.25) is 0 Å². The predicted octanol–water partition coefficient (Wildman–Crippen LogP) is 3.15. The molecule has 0 bridgehead atoms. The standard InChI is InChI=1S/C17H24N4/c1-13-8-6-7-11-15(13)18-12-16-19-20-17(21(16)2)14-9-4-3-5-10-14/h3-5,9-10,13,15,18H,6-8,11-12H2,1-2H3/t13-,15+/m0/s1. The van der Waals surface area contributed by atoms with Crippen LogP contribution in [0.15, 0.2) is 30.3 Å². The predicted molar refractivity (Wildman–Crippen MR) is 84.7 cm³/mol. The van der Waals surface area contributed by atoms with Crippen LogP contribution in [0.4, 0.5) is 0 Å². The maximum Gasteiger partial charge on any atom is 0.163 e. The molecule has 0 aliphatic heterocycles. The highest BCUT2D eigenvalue weighted by Gasteiger charge is 2.21. The van der Waals surface area contributed by atoms with E-state index in [2.05, 4.69) is 39.1 Å². The molecule has 2 atom stereocenters. The zero-order valence-electron chi connectivity index (χ0n) is 12.9. The molecule has 0 amide bonds. The summed E-state index contributed by atoms with van der Waals surface area (Å²) in [7, 11) is 2.05. The van der Waals surface area contributed by atoms with Crippen molar-refractivity contribution >= 4 is 0 Å². The Morgan fingerprint density at radius 1 is 1.14 bits per heavy atom. The zero-order chi connectivity index (χ0) is 14.7. The lowest BCUT2D eigenvalue weighted by Gasteiger charge is -2.29. The molecular weight excluding hydrogens is 260 g/mol. The van der Waals surface area contributed by atoms with E-state index in [0.717, 1.165) is 29.7 Å². The normalized spacial score (nSPS) is 22.4. The molecule has 1 aromatic carbocycles. The van der Waals surface area contributed by atoms with Crippen LogP contribution in [0.3, 0.4) is 0 Å². The molecule has 0 spiro atoms. The fourth-order valence-electron chi connectivity index (χ4n) is 3.20. The second-order valence-electron chi connectivity index (χ2n) is 6.11. The minimum Gasteiger partial charge on any atom is -0.313 e. The lowest BCUT2D eigenvalue weighted by molar-refractivity contribution is 0.277. The summed E-state index contributed by atoms with van der Waals surface area (Å²) in [4.78, 5) is 0. The SMILES string of the molecule is C[C@H]1CCCC[C@H]1NCc1nnc(-c2ccccc2)n1C. The van der Waals surface area contributed by atoms with Crippen molar-refractivity contribution < 1.29 is 0 Å². The molecule has 0 radical (unpaired) electrons. The number of hydrogen-bond donors (Lipinski definition) is 1. The van der Waals surface area contributed by atoms with Gasteiger partial charge >= 0.3 is 0 Å². The van der Waals surface area contributed by atoms with Crippen LogP contribution in [0.5, 0.6) is 0 Å². The van der Waals surface area contributed by atoms with Gasteiger partial charge in [0.25, 0.3) is 0 Å². The molecule has 1 aromatic heterocycles. The summed E-state index contributed by atoms with van der Waals surface area (Å²) in [5.41, 5.74) is 1.12. The van der Waals surface area contributed by atoms with E-state index in [4.69, 9.17) is 0 Å². The van der Waals surface area contributed by atoms with E-state index in [1.165, 1.54) is 25.7 Å². The number of nitrogens with one attached hydrogen (secondary N) is 1. The molecule has 4 heteroatoms. The van der Waals surface area contributed by atoms with Gasteiger partial charge in [-0.05, 0) is 18.8 Å². The highest BCUT2D eigenvalue weighted by atomic mass is 15.3. The topological polar surface area (TPSA) is 42.7 Å². The van der Waals surface area contributed by atoms with Crippen molar-refractivity contribution in [2.75, 3.05) is 0 Å². The van der Waals surface area contributed by atoms with Crippen LogP contribution in [0.1, 0.15) is 38.4 Å². The van der Waals surface area contributed by atoms with Crippen LogP contribution in [-0.2, 0) is 13.6 Å². The highest BCUT2D eigenvalue weighted by Crippen LogP contribution is 2.24. The van der Waals surface area contributed by atoms with E-state index < -0.39 is 0 Å². The van der Waals surface area contributed by atoms with Crippen LogP contribution in [-0.4, -0.2) is 20.8 Å². The summed E-state index contributed by atoms with van der Waals surface area (Å²) in [5, 5.41) is 12.4. The van der Waals surface area contributed by atoms with Crippen molar-refractivity contribution in [3.05, 3.63) is 36.2 Å². The van der Waals surface area contributed by atoms with E-state index in [1.54, 1.807) is 0 Å². The number of hydrogen-bond acceptors (Lipinski definition) is 3. The summed E-state index contributed by atoms with van der Waals surface area (Å²) in [5.74, 6) is 2.70. The fraction of sp³-hybridized carbons (Fsp3) is 0.529. The van der Waals surface area contributed by atoms with Gasteiger partial charge in [-0.15, -0.1) is 10.2 Å². The Bertz CT molecular complexity index is 576. The molecule has 3 rings (SSSR count). The van der Waals surface area contributed by atoms with E-state index >= 15 is 0 Å². The van der Waals surface area contributed by atoms with Crippen molar-refractivity contribution in [2.24, 2.45) is 13.0 Å². The molecular formula is C17H24N4. The molecule has 1 aliphatic rings. The first-order valence-corrected chi connectivity index (χ1v) is 7.93. The Hall–Kier alpha value is -1.68. The van der Waals surface area contributed by atoms with Crippen molar-refractivity contribution in [1.29, 1.82) is 0 Å². The van der Waals surface area contributed by atoms with Crippen LogP contribution < -0.4 is 5.32 Å². The molecule has 21 heavy (non-hydrogen) atoms. The quantitative estimate of drug-likeness (QED) is 0.938. The summed E-state index contributed by atoms with van der Waals surface area (Å²) >= 11 is 0. The van der Waals surface area contributed by atoms with Crippen LogP contribution in [0.2, 0.25) is 0 Å². The zero-order valence-corrected chi connectivity index (χ0v) is 12.9. The summed E-state index contributed by atoms with van der Waals surface area (Å²) < 4.78 is 2.09. The molecule has 2 aromatic rings. The third kappa shape index (κ3) is 3.16. The molecule has 1 heterocycles. The van der Waals surface area contributed by atoms with Gasteiger partial charge in [0, 0.05) is 18.7 Å². The molecule has 1 fully saturated rings. The number of rotatable bonds is 4. The third-order valence-corrected chi connectivity index (χ3v) is 4.63. The van der Waals surface area contributed by atoms with Gasteiger partial charge in [-0.2, -0.15) is 0 Å². The van der Waals surface area contributed by atoms with Gasteiger partial charge in [-0.1, -0.05) is 50.1 Å². The van der Waals surface area contributed by atoms with Crippen LogP contribution in [0, 0.1) is 5.92 Å². The molecule has 0 saturated heterocycles. The maximum atomic E-state index is 4.35. The minimum atomic E-state index is 0.621. The first-order valence-electron chi connectivity index (χ1n) is 7.93. The molecule has 112 valence electrons. The average Bonchev–Trinajstić information content (AvgIpc) is 2.88. The lowest BCUT2D eigenvalue weighted by atomic mass is 9.86. The van der Waals surface area contributed by atoms with E-state index in [9.17, 15) is 0 Å². The van der Waals surface area contributed by atoms with Gasteiger partial charge < -0.3 is 9.88 Å². The first-order chi connectivity index (χ1) is 10.3. The highest BCUT2D eigenvalue weighted by molar-refractivity contribution is 5.54. The van der Waals surface area contributed by atoms with Crippen molar-refractivity contribution in [1.82, 2.24) is 20.1 Å². The van der Waals surface area contributed by atoms with Gasteiger partial charge in [-0.25, -0.2) is 0 Å². The Kier molecular flexibility index (Phi) is 4.34. The van der Waals surface area contributed by atoms with Crippen LogP contribution in [0.25, 0.3) is 11.4 Å². The average molecular weight is 284 g/mol. The fourth-order valence-corrected chi connectivity index (χ4v) is 3.20. The van der Waals surface area contributed by atoms with E-state index in [1.807, 2.05) is 25.2 Å². The molecule has 1 aliphatic carbocycles. The Labute approximate surface area is 126 Å². The Morgan fingerprint density at radius 3 is 2.67 bits per heavy atom.